The minimum absolute atomic E-state index is 0.0405. The number of nitrogens with one attached hydrogen (secondary N) is 1. The summed E-state index contributed by atoms with van der Waals surface area (Å²) in [6, 6.07) is 0.0405. The van der Waals surface area contributed by atoms with Crippen LogP contribution in [0.15, 0.2) is 0 Å². The van der Waals surface area contributed by atoms with Crippen molar-refractivity contribution in [3.8, 4) is 0 Å². The SMILES string of the molecule is O=CC1NCCCC1Br. The van der Waals surface area contributed by atoms with Gasteiger partial charge in [0.25, 0.3) is 0 Å². The number of piperidine rings is 1. The standard InChI is InChI=1S/C6H10BrNO/c7-5-2-1-3-8-6(5)4-9/h4-6,8H,1-3H2. The van der Waals surface area contributed by atoms with Crippen molar-refractivity contribution < 1.29 is 4.79 Å². The van der Waals surface area contributed by atoms with Crippen molar-refractivity contribution in [3.63, 3.8) is 0 Å². The summed E-state index contributed by atoms with van der Waals surface area (Å²) < 4.78 is 0. The Labute approximate surface area is 63.1 Å². The van der Waals surface area contributed by atoms with Gasteiger partial charge in [-0.3, -0.25) is 0 Å². The molecule has 0 aromatic heterocycles. The van der Waals surface area contributed by atoms with E-state index in [0.29, 0.717) is 4.83 Å². The van der Waals surface area contributed by atoms with E-state index >= 15 is 0 Å². The molecule has 1 fully saturated rings. The molecular weight excluding hydrogens is 182 g/mol. The van der Waals surface area contributed by atoms with Crippen molar-refractivity contribution in [2.75, 3.05) is 6.54 Å². The third-order valence-corrected chi connectivity index (χ3v) is 2.60. The third-order valence-electron chi connectivity index (χ3n) is 1.57. The predicted molar refractivity (Wildman–Crippen MR) is 39.8 cm³/mol. The molecule has 3 heteroatoms. The van der Waals surface area contributed by atoms with Crippen LogP contribution in [0.5, 0.6) is 0 Å². The van der Waals surface area contributed by atoms with Gasteiger partial charge < -0.3 is 10.1 Å². The molecule has 0 radical (unpaired) electrons. The summed E-state index contributed by atoms with van der Waals surface area (Å²) in [4.78, 5) is 10.6. The zero-order valence-corrected chi connectivity index (χ0v) is 6.73. The fraction of sp³-hybridized carbons (Fsp3) is 0.833. The molecular formula is C6H10BrNO. The van der Waals surface area contributed by atoms with Crippen LogP contribution >= 0.6 is 15.9 Å². The molecule has 0 spiro atoms. The number of carbonyl (C=O) groups excluding carboxylic acids is 1. The molecule has 2 atom stereocenters. The Hall–Kier alpha value is 0.110. The van der Waals surface area contributed by atoms with Crippen molar-refractivity contribution >= 4 is 22.2 Å². The maximum atomic E-state index is 10.3. The van der Waals surface area contributed by atoms with Crippen LogP contribution in [0.3, 0.4) is 0 Å². The summed E-state index contributed by atoms with van der Waals surface area (Å²) in [6.45, 7) is 0.978. The first-order valence-corrected chi connectivity index (χ1v) is 4.09. The molecule has 1 rings (SSSR count). The van der Waals surface area contributed by atoms with Gasteiger partial charge in [-0.05, 0) is 19.4 Å². The van der Waals surface area contributed by atoms with Crippen molar-refractivity contribution in [2.24, 2.45) is 0 Å². The second kappa shape index (κ2) is 3.32. The summed E-state index contributed by atoms with van der Waals surface area (Å²) in [5.74, 6) is 0. The maximum absolute atomic E-state index is 10.3. The highest BCUT2D eigenvalue weighted by Crippen LogP contribution is 2.14. The van der Waals surface area contributed by atoms with E-state index in [4.69, 9.17) is 0 Å². The van der Waals surface area contributed by atoms with Crippen molar-refractivity contribution in [1.29, 1.82) is 0 Å². The lowest BCUT2D eigenvalue weighted by atomic mass is 10.1. The van der Waals surface area contributed by atoms with Gasteiger partial charge in [0.1, 0.15) is 6.29 Å². The van der Waals surface area contributed by atoms with Crippen molar-refractivity contribution in [2.45, 2.75) is 23.7 Å². The monoisotopic (exact) mass is 191 g/mol. The maximum Gasteiger partial charge on any atom is 0.138 e. The van der Waals surface area contributed by atoms with Crippen LogP contribution < -0.4 is 5.32 Å². The molecule has 1 N–H and O–H groups in total. The van der Waals surface area contributed by atoms with Gasteiger partial charge in [0.15, 0.2) is 0 Å². The van der Waals surface area contributed by atoms with Crippen LogP contribution in [0, 0.1) is 0 Å². The predicted octanol–water partition coefficient (Wildman–Crippen LogP) is 0.701. The third kappa shape index (κ3) is 1.76. The molecule has 2 unspecified atom stereocenters. The fourth-order valence-electron chi connectivity index (χ4n) is 1.01. The lowest BCUT2D eigenvalue weighted by molar-refractivity contribution is -0.109. The van der Waals surface area contributed by atoms with Crippen LogP contribution in [-0.2, 0) is 4.79 Å². The average Bonchev–Trinajstić information content (AvgIpc) is 1.89. The van der Waals surface area contributed by atoms with Crippen molar-refractivity contribution in [1.82, 2.24) is 5.32 Å². The Bertz CT molecular complexity index is 107. The molecule has 1 saturated heterocycles. The lowest BCUT2D eigenvalue weighted by Crippen LogP contribution is -2.42. The summed E-state index contributed by atoms with van der Waals surface area (Å²) in [5.41, 5.74) is 0. The van der Waals surface area contributed by atoms with Crippen LogP contribution in [0.25, 0.3) is 0 Å². The Morgan fingerprint density at radius 2 is 2.44 bits per heavy atom. The fourth-order valence-corrected chi connectivity index (χ4v) is 1.64. The molecule has 0 aromatic rings. The Morgan fingerprint density at radius 3 is 2.89 bits per heavy atom. The van der Waals surface area contributed by atoms with Gasteiger partial charge in [0.05, 0.1) is 6.04 Å². The summed E-state index contributed by atoms with van der Waals surface area (Å²) in [6.07, 6.45) is 3.25. The summed E-state index contributed by atoms with van der Waals surface area (Å²) in [5, 5.41) is 3.10. The first-order valence-electron chi connectivity index (χ1n) is 3.17. The molecule has 1 heterocycles. The van der Waals surface area contributed by atoms with E-state index in [0.717, 1.165) is 19.3 Å². The van der Waals surface area contributed by atoms with E-state index in [2.05, 4.69) is 21.2 Å². The minimum Gasteiger partial charge on any atom is -0.307 e. The van der Waals surface area contributed by atoms with Crippen LogP contribution in [0.2, 0.25) is 0 Å². The lowest BCUT2D eigenvalue weighted by Gasteiger charge is -2.23. The largest absolute Gasteiger partial charge is 0.307 e. The van der Waals surface area contributed by atoms with Gasteiger partial charge in [-0.2, -0.15) is 0 Å². The minimum atomic E-state index is 0.0405. The highest BCUT2D eigenvalue weighted by Gasteiger charge is 2.20. The normalized spacial score (nSPS) is 36.1. The quantitative estimate of drug-likeness (QED) is 0.489. The Balaban J connectivity index is 2.38. The highest BCUT2D eigenvalue weighted by atomic mass is 79.9. The molecule has 0 bridgehead atoms. The van der Waals surface area contributed by atoms with Crippen LogP contribution in [0.1, 0.15) is 12.8 Å². The average molecular weight is 192 g/mol. The van der Waals surface area contributed by atoms with E-state index < -0.39 is 0 Å². The van der Waals surface area contributed by atoms with Crippen LogP contribution in [0.4, 0.5) is 0 Å². The van der Waals surface area contributed by atoms with E-state index in [1.165, 1.54) is 6.42 Å². The highest BCUT2D eigenvalue weighted by molar-refractivity contribution is 9.09. The molecule has 0 aliphatic carbocycles. The van der Waals surface area contributed by atoms with Crippen LogP contribution in [-0.4, -0.2) is 23.7 Å². The number of halogens is 1. The van der Waals surface area contributed by atoms with Gasteiger partial charge in [0.2, 0.25) is 0 Å². The van der Waals surface area contributed by atoms with Gasteiger partial charge in [-0.1, -0.05) is 15.9 Å². The molecule has 52 valence electrons. The topological polar surface area (TPSA) is 29.1 Å². The van der Waals surface area contributed by atoms with E-state index in [1.807, 2.05) is 0 Å². The summed E-state index contributed by atoms with van der Waals surface area (Å²) >= 11 is 3.42. The molecule has 0 amide bonds. The van der Waals surface area contributed by atoms with Crippen molar-refractivity contribution in [3.05, 3.63) is 0 Å². The Kier molecular flexibility index (Phi) is 2.66. The first kappa shape index (κ1) is 7.22. The van der Waals surface area contributed by atoms with Gasteiger partial charge in [-0.25, -0.2) is 0 Å². The first-order chi connectivity index (χ1) is 4.34. The number of hydrogen-bond donors (Lipinski definition) is 1. The molecule has 1 aliphatic heterocycles. The zero-order valence-electron chi connectivity index (χ0n) is 5.14. The molecule has 2 nitrogen and oxygen atoms in total. The Morgan fingerprint density at radius 1 is 1.67 bits per heavy atom. The van der Waals surface area contributed by atoms with Gasteiger partial charge in [-0.15, -0.1) is 0 Å². The number of aldehydes is 1. The van der Waals surface area contributed by atoms with E-state index in [-0.39, 0.29) is 6.04 Å². The van der Waals surface area contributed by atoms with Gasteiger partial charge >= 0.3 is 0 Å². The molecule has 0 aromatic carbocycles. The van der Waals surface area contributed by atoms with Gasteiger partial charge in [0, 0.05) is 4.83 Å². The van der Waals surface area contributed by atoms with E-state index in [9.17, 15) is 4.79 Å². The second-order valence-corrected chi connectivity index (χ2v) is 3.45. The number of carbonyl (C=O) groups is 1. The molecule has 0 saturated carbocycles. The number of rotatable bonds is 1. The van der Waals surface area contributed by atoms with E-state index in [1.54, 1.807) is 0 Å². The number of alkyl halides is 1. The smallest absolute Gasteiger partial charge is 0.138 e. The molecule has 1 aliphatic rings. The second-order valence-electron chi connectivity index (χ2n) is 2.27. The number of hydrogen-bond acceptors (Lipinski definition) is 2. The summed E-state index contributed by atoms with van der Waals surface area (Å²) in [7, 11) is 0. The molecule has 9 heavy (non-hydrogen) atoms. The zero-order chi connectivity index (χ0) is 6.69.